The molecule has 0 aromatic heterocycles. The highest BCUT2D eigenvalue weighted by Crippen LogP contribution is 2.37. The average molecular weight is 209 g/mol. The third kappa shape index (κ3) is 2.63. The summed E-state index contributed by atoms with van der Waals surface area (Å²) in [6.45, 7) is 5.52. The molecule has 5 N–H and O–H groups in total. The maximum absolute atomic E-state index is 9.53. The van der Waals surface area contributed by atoms with Crippen LogP contribution in [0.25, 0.3) is 0 Å². The van der Waals surface area contributed by atoms with Gasteiger partial charge in [0.05, 0.1) is 5.56 Å². The molecule has 0 radical (unpaired) electrons. The van der Waals surface area contributed by atoms with Gasteiger partial charge in [0.25, 0.3) is 0 Å². The molecular weight excluding hydrogens is 194 g/mol. The molecule has 0 aliphatic carbocycles. The van der Waals surface area contributed by atoms with E-state index in [9.17, 15) is 10.2 Å². The fourth-order valence-corrected chi connectivity index (χ4v) is 1.47. The number of hydrogen-bond acceptors (Lipinski definition) is 4. The molecule has 1 rings (SSSR count). The van der Waals surface area contributed by atoms with Crippen molar-refractivity contribution in [3.8, 4) is 17.2 Å². The van der Waals surface area contributed by atoms with Gasteiger partial charge in [-0.1, -0.05) is 5.57 Å². The van der Waals surface area contributed by atoms with Gasteiger partial charge >= 0.3 is 0 Å². The number of rotatable bonds is 3. The number of aromatic hydroxyl groups is 3. The van der Waals surface area contributed by atoms with Crippen LogP contribution in [0.2, 0.25) is 0 Å². The van der Waals surface area contributed by atoms with Gasteiger partial charge in [-0.2, -0.15) is 0 Å². The van der Waals surface area contributed by atoms with Gasteiger partial charge in [-0.05, 0) is 13.3 Å². The summed E-state index contributed by atoms with van der Waals surface area (Å²) in [5, 5.41) is 28.2. The molecule has 0 aliphatic rings. The third-order valence-corrected chi connectivity index (χ3v) is 2.06. The van der Waals surface area contributed by atoms with Crippen molar-refractivity contribution in [3.05, 3.63) is 29.8 Å². The van der Waals surface area contributed by atoms with Crippen molar-refractivity contribution < 1.29 is 15.3 Å². The molecule has 1 aromatic rings. The predicted octanol–water partition coefficient (Wildman–Crippen LogP) is 1.77. The summed E-state index contributed by atoms with van der Waals surface area (Å²) in [6, 6.07) is 1.77. The number of phenols is 3. The number of hydrogen-bond donors (Lipinski definition) is 4. The first kappa shape index (κ1) is 11.4. The van der Waals surface area contributed by atoms with Crippen LogP contribution in [0.15, 0.2) is 24.3 Å². The lowest BCUT2D eigenvalue weighted by Crippen LogP contribution is -2.10. The van der Waals surface area contributed by atoms with Crippen LogP contribution in [0.5, 0.6) is 17.2 Å². The molecule has 0 amide bonds. The van der Waals surface area contributed by atoms with Crippen molar-refractivity contribution >= 4 is 0 Å². The van der Waals surface area contributed by atoms with Gasteiger partial charge in [-0.25, -0.2) is 0 Å². The van der Waals surface area contributed by atoms with Crippen molar-refractivity contribution in [3.63, 3.8) is 0 Å². The summed E-state index contributed by atoms with van der Waals surface area (Å²) in [5.74, 6) is -0.612. The minimum absolute atomic E-state index is 0.198. The van der Waals surface area contributed by atoms with Crippen LogP contribution < -0.4 is 5.73 Å². The summed E-state index contributed by atoms with van der Waals surface area (Å²) < 4.78 is 0. The molecule has 0 unspecified atom stereocenters. The zero-order valence-electron chi connectivity index (χ0n) is 8.57. The fourth-order valence-electron chi connectivity index (χ4n) is 1.47. The lowest BCUT2D eigenvalue weighted by molar-refractivity contribution is 0.411. The van der Waals surface area contributed by atoms with Crippen molar-refractivity contribution in [2.24, 2.45) is 5.73 Å². The fraction of sp³-hybridized carbons (Fsp3) is 0.273. The highest BCUT2D eigenvalue weighted by atomic mass is 16.3. The molecule has 0 spiro atoms. The first-order chi connectivity index (χ1) is 6.91. The molecule has 0 bridgehead atoms. The van der Waals surface area contributed by atoms with Crippen LogP contribution in [0.3, 0.4) is 0 Å². The number of nitrogens with two attached hydrogens (primary N) is 1. The summed E-state index contributed by atoms with van der Waals surface area (Å²) in [4.78, 5) is 0. The molecule has 15 heavy (non-hydrogen) atoms. The minimum Gasteiger partial charge on any atom is -0.508 e. The summed E-state index contributed by atoms with van der Waals surface area (Å²) >= 11 is 0. The Morgan fingerprint density at radius 1 is 1.33 bits per heavy atom. The molecule has 0 saturated heterocycles. The van der Waals surface area contributed by atoms with Gasteiger partial charge in [-0.3, -0.25) is 0 Å². The monoisotopic (exact) mass is 209 g/mol. The van der Waals surface area contributed by atoms with E-state index in [1.165, 1.54) is 0 Å². The SMILES string of the molecule is C=C(C)C[C@H](N)c1c(O)cc(O)cc1O. The first-order valence-corrected chi connectivity index (χ1v) is 4.56. The van der Waals surface area contributed by atoms with Gasteiger partial charge in [0, 0.05) is 18.2 Å². The summed E-state index contributed by atoms with van der Waals surface area (Å²) in [5.41, 5.74) is 6.87. The highest BCUT2D eigenvalue weighted by molar-refractivity contribution is 5.50. The molecule has 4 nitrogen and oxygen atoms in total. The Balaban J connectivity index is 3.08. The quantitative estimate of drug-likeness (QED) is 0.571. The second-order valence-corrected chi connectivity index (χ2v) is 3.67. The van der Waals surface area contributed by atoms with Crippen molar-refractivity contribution in [1.29, 1.82) is 0 Å². The Bertz CT molecular complexity index is 364. The molecule has 0 heterocycles. The van der Waals surface area contributed by atoms with Crippen LogP contribution in [0.4, 0.5) is 0 Å². The molecule has 0 aliphatic heterocycles. The minimum atomic E-state index is -0.525. The van der Waals surface area contributed by atoms with E-state index in [4.69, 9.17) is 10.8 Å². The van der Waals surface area contributed by atoms with Crippen molar-refractivity contribution in [2.45, 2.75) is 19.4 Å². The zero-order chi connectivity index (χ0) is 11.6. The van der Waals surface area contributed by atoms with E-state index in [0.29, 0.717) is 6.42 Å². The van der Waals surface area contributed by atoms with Crippen molar-refractivity contribution in [1.82, 2.24) is 0 Å². The summed E-state index contributed by atoms with van der Waals surface area (Å²) in [7, 11) is 0. The van der Waals surface area contributed by atoms with E-state index in [0.717, 1.165) is 17.7 Å². The Kier molecular flexibility index (Phi) is 3.21. The highest BCUT2D eigenvalue weighted by Gasteiger charge is 2.16. The predicted molar refractivity (Wildman–Crippen MR) is 57.8 cm³/mol. The maximum Gasteiger partial charge on any atom is 0.127 e. The second-order valence-electron chi connectivity index (χ2n) is 3.67. The van der Waals surface area contributed by atoms with Gasteiger partial charge < -0.3 is 21.1 Å². The number of phenolic OH excluding ortho intramolecular Hbond substituents is 3. The van der Waals surface area contributed by atoms with Crippen LogP contribution in [0, 0.1) is 0 Å². The van der Waals surface area contributed by atoms with E-state index < -0.39 is 6.04 Å². The normalized spacial score (nSPS) is 12.4. The van der Waals surface area contributed by atoms with Crippen LogP contribution in [0.1, 0.15) is 24.9 Å². The standard InChI is InChI=1S/C11H15NO3/c1-6(2)3-8(12)11-9(14)4-7(13)5-10(11)15/h4-5,8,13-15H,1,3,12H2,2H3/t8-/m0/s1. The number of benzene rings is 1. The lowest BCUT2D eigenvalue weighted by atomic mass is 9.99. The first-order valence-electron chi connectivity index (χ1n) is 4.56. The van der Waals surface area contributed by atoms with Gasteiger partial charge in [0.15, 0.2) is 0 Å². The van der Waals surface area contributed by atoms with E-state index in [2.05, 4.69) is 6.58 Å². The van der Waals surface area contributed by atoms with Gasteiger partial charge in [0.1, 0.15) is 17.2 Å². The molecule has 82 valence electrons. The molecule has 1 atom stereocenters. The zero-order valence-corrected chi connectivity index (χ0v) is 8.57. The van der Waals surface area contributed by atoms with Crippen molar-refractivity contribution in [2.75, 3.05) is 0 Å². The average Bonchev–Trinajstić information content (AvgIpc) is 1.99. The molecule has 4 heteroatoms. The van der Waals surface area contributed by atoms with Crippen LogP contribution in [-0.4, -0.2) is 15.3 Å². The molecular formula is C11H15NO3. The van der Waals surface area contributed by atoms with E-state index in [1.807, 2.05) is 6.92 Å². The molecule has 0 fully saturated rings. The van der Waals surface area contributed by atoms with E-state index in [-0.39, 0.29) is 22.8 Å². The molecule has 1 aromatic carbocycles. The van der Waals surface area contributed by atoms with Crippen LogP contribution >= 0.6 is 0 Å². The maximum atomic E-state index is 9.53. The lowest BCUT2D eigenvalue weighted by Gasteiger charge is -2.15. The Morgan fingerprint density at radius 3 is 2.20 bits per heavy atom. The van der Waals surface area contributed by atoms with E-state index >= 15 is 0 Å². The summed E-state index contributed by atoms with van der Waals surface area (Å²) in [6.07, 6.45) is 0.464. The Morgan fingerprint density at radius 2 is 1.80 bits per heavy atom. The largest absolute Gasteiger partial charge is 0.508 e. The van der Waals surface area contributed by atoms with E-state index in [1.54, 1.807) is 0 Å². The second kappa shape index (κ2) is 4.23. The Hall–Kier alpha value is -1.68. The third-order valence-electron chi connectivity index (χ3n) is 2.06. The topological polar surface area (TPSA) is 86.7 Å². The Labute approximate surface area is 88.3 Å². The smallest absolute Gasteiger partial charge is 0.127 e. The molecule has 0 saturated carbocycles. The van der Waals surface area contributed by atoms with Gasteiger partial charge in [-0.15, -0.1) is 6.58 Å². The van der Waals surface area contributed by atoms with Gasteiger partial charge in [0.2, 0.25) is 0 Å². The van der Waals surface area contributed by atoms with Crippen LogP contribution in [-0.2, 0) is 0 Å².